The zero-order valence-electron chi connectivity index (χ0n) is 13.6. The van der Waals surface area contributed by atoms with Gasteiger partial charge in [0.25, 0.3) is 12.2 Å². The zero-order chi connectivity index (χ0) is 17.6. The lowest BCUT2D eigenvalue weighted by Crippen LogP contribution is -2.34. The van der Waals surface area contributed by atoms with Gasteiger partial charge in [-0.2, -0.15) is 5.26 Å². The molecule has 126 valence electrons. The Labute approximate surface area is 144 Å². The molecule has 2 aliphatic heterocycles. The standard InChI is InChI=1S/C19H16N2O4/c1-11-8-16(25-19(11)23)24-10-14-17-13-5-3-2-4-12(13)9-15(17)21(7-6-20)18(14)22/h2-5,8,10,15-17H,7,9H2,1H3/b14-10+. The van der Waals surface area contributed by atoms with Gasteiger partial charge >= 0.3 is 5.97 Å². The van der Waals surface area contributed by atoms with Gasteiger partial charge in [-0.15, -0.1) is 0 Å². The van der Waals surface area contributed by atoms with Crippen LogP contribution in [-0.4, -0.2) is 35.7 Å². The molecule has 1 fully saturated rings. The van der Waals surface area contributed by atoms with Gasteiger partial charge in [-0.1, -0.05) is 24.3 Å². The second-order valence-electron chi connectivity index (χ2n) is 6.37. The van der Waals surface area contributed by atoms with Crippen LogP contribution in [0.25, 0.3) is 0 Å². The summed E-state index contributed by atoms with van der Waals surface area (Å²) in [6.07, 6.45) is 2.88. The predicted molar refractivity (Wildman–Crippen MR) is 86.8 cm³/mol. The summed E-state index contributed by atoms with van der Waals surface area (Å²) in [4.78, 5) is 25.8. The smallest absolute Gasteiger partial charge is 0.336 e. The Balaban J connectivity index is 1.66. The molecule has 0 saturated carbocycles. The summed E-state index contributed by atoms with van der Waals surface area (Å²) in [6.45, 7) is 1.69. The Hall–Kier alpha value is -3.07. The largest absolute Gasteiger partial charge is 0.458 e. The molecule has 2 heterocycles. The van der Waals surface area contributed by atoms with Crippen molar-refractivity contribution in [3.63, 3.8) is 0 Å². The molecule has 0 radical (unpaired) electrons. The van der Waals surface area contributed by atoms with Gasteiger partial charge in [0.05, 0.1) is 17.9 Å². The van der Waals surface area contributed by atoms with Crippen molar-refractivity contribution < 1.29 is 19.1 Å². The Morgan fingerprint density at radius 3 is 2.92 bits per heavy atom. The van der Waals surface area contributed by atoms with Crippen molar-refractivity contribution >= 4 is 11.9 Å². The van der Waals surface area contributed by atoms with Crippen molar-refractivity contribution in [2.75, 3.05) is 6.54 Å². The van der Waals surface area contributed by atoms with Crippen LogP contribution in [0.15, 0.2) is 47.7 Å². The predicted octanol–water partition coefficient (Wildman–Crippen LogP) is 1.79. The fourth-order valence-electron chi connectivity index (χ4n) is 3.79. The minimum atomic E-state index is -0.812. The van der Waals surface area contributed by atoms with Crippen molar-refractivity contribution in [1.29, 1.82) is 5.26 Å². The molecule has 0 aromatic heterocycles. The number of esters is 1. The highest BCUT2D eigenvalue weighted by atomic mass is 16.7. The van der Waals surface area contributed by atoms with E-state index < -0.39 is 12.3 Å². The summed E-state index contributed by atoms with van der Waals surface area (Å²) in [5.41, 5.74) is 3.25. The Morgan fingerprint density at radius 2 is 2.20 bits per heavy atom. The first-order chi connectivity index (χ1) is 12.1. The highest BCUT2D eigenvalue weighted by Crippen LogP contribution is 2.46. The molecule has 3 aliphatic rings. The molecule has 6 heteroatoms. The van der Waals surface area contributed by atoms with Crippen LogP contribution in [0, 0.1) is 11.3 Å². The number of benzene rings is 1. The van der Waals surface area contributed by atoms with E-state index in [0.29, 0.717) is 11.1 Å². The van der Waals surface area contributed by atoms with Crippen molar-refractivity contribution in [2.24, 2.45) is 0 Å². The first kappa shape index (κ1) is 15.5. The molecule has 0 N–H and O–H groups in total. The summed E-state index contributed by atoms with van der Waals surface area (Å²) in [5, 5.41) is 9.07. The quantitative estimate of drug-likeness (QED) is 0.364. The second-order valence-corrected chi connectivity index (χ2v) is 6.37. The molecule has 1 aromatic carbocycles. The maximum Gasteiger partial charge on any atom is 0.336 e. The van der Waals surface area contributed by atoms with Crippen LogP contribution in [0.3, 0.4) is 0 Å². The molecule has 3 atom stereocenters. The number of carbonyl (C=O) groups is 2. The molecule has 25 heavy (non-hydrogen) atoms. The monoisotopic (exact) mass is 336 g/mol. The van der Waals surface area contributed by atoms with Gasteiger partial charge in [-0.25, -0.2) is 4.79 Å². The van der Waals surface area contributed by atoms with Gasteiger partial charge in [0.1, 0.15) is 6.54 Å². The Kier molecular flexibility index (Phi) is 3.57. The van der Waals surface area contributed by atoms with E-state index in [9.17, 15) is 9.59 Å². The maximum atomic E-state index is 12.8. The molecule has 0 spiro atoms. The molecule has 1 amide bonds. The number of rotatable bonds is 3. The van der Waals surface area contributed by atoms with E-state index in [4.69, 9.17) is 14.7 Å². The lowest BCUT2D eigenvalue weighted by atomic mass is 9.94. The highest BCUT2D eigenvalue weighted by molar-refractivity contribution is 5.99. The van der Waals surface area contributed by atoms with Crippen molar-refractivity contribution in [1.82, 2.24) is 4.90 Å². The molecular formula is C19H16N2O4. The topological polar surface area (TPSA) is 79.6 Å². The molecule has 4 rings (SSSR count). The minimum Gasteiger partial charge on any atom is -0.458 e. The number of cyclic esters (lactones) is 1. The van der Waals surface area contributed by atoms with Gasteiger partial charge < -0.3 is 14.4 Å². The number of fused-ring (bicyclic) bond motifs is 3. The van der Waals surface area contributed by atoms with Crippen LogP contribution in [0.4, 0.5) is 0 Å². The van der Waals surface area contributed by atoms with Crippen LogP contribution in [0.5, 0.6) is 0 Å². The van der Waals surface area contributed by atoms with Gasteiger partial charge in [-0.3, -0.25) is 4.79 Å². The summed E-state index contributed by atoms with van der Waals surface area (Å²) in [7, 11) is 0. The van der Waals surface area contributed by atoms with Gasteiger partial charge in [0, 0.05) is 23.6 Å². The lowest BCUT2D eigenvalue weighted by molar-refractivity contribution is -0.152. The van der Waals surface area contributed by atoms with E-state index in [-0.39, 0.29) is 24.4 Å². The van der Waals surface area contributed by atoms with Gasteiger partial charge in [0.2, 0.25) is 0 Å². The normalized spacial score (nSPS) is 28.5. The van der Waals surface area contributed by atoms with E-state index in [1.807, 2.05) is 24.3 Å². The molecular weight excluding hydrogens is 320 g/mol. The van der Waals surface area contributed by atoms with Gasteiger partial charge in [-0.05, 0) is 24.5 Å². The summed E-state index contributed by atoms with van der Waals surface area (Å²) in [6, 6.07) is 9.98. The zero-order valence-corrected chi connectivity index (χ0v) is 13.6. The van der Waals surface area contributed by atoms with E-state index in [1.54, 1.807) is 17.9 Å². The van der Waals surface area contributed by atoms with Crippen LogP contribution < -0.4 is 0 Å². The number of nitrogens with zero attached hydrogens (tertiary/aromatic N) is 2. The number of hydrogen-bond acceptors (Lipinski definition) is 5. The summed E-state index contributed by atoms with van der Waals surface area (Å²) in [5.74, 6) is -0.744. The summed E-state index contributed by atoms with van der Waals surface area (Å²) >= 11 is 0. The highest BCUT2D eigenvalue weighted by Gasteiger charge is 2.49. The van der Waals surface area contributed by atoms with Crippen LogP contribution in [-0.2, 0) is 25.5 Å². The van der Waals surface area contributed by atoms with E-state index in [0.717, 1.165) is 12.0 Å². The van der Waals surface area contributed by atoms with Crippen LogP contribution in [0.2, 0.25) is 0 Å². The number of hydrogen-bond donors (Lipinski definition) is 0. The number of carbonyl (C=O) groups excluding carboxylic acids is 2. The number of nitriles is 1. The molecule has 1 aliphatic carbocycles. The molecule has 3 unspecified atom stereocenters. The molecule has 1 saturated heterocycles. The Morgan fingerprint density at radius 1 is 1.40 bits per heavy atom. The molecule has 0 bridgehead atoms. The number of amides is 1. The third-order valence-electron chi connectivity index (χ3n) is 4.95. The molecule has 6 nitrogen and oxygen atoms in total. The lowest BCUT2D eigenvalue weighted by Gasteiger charge is -2.19. The van der Waals surface area contributed by atoms with Crippen LogP contribution in [0.1, 0.15) is 24.0 Å². The summed E-state index contributed by atoms with van der Waals surface area (Å²) < 4.78 is 10.6. The van der Waals surface area contributed by atoms with Crippen LogP contribution >= 0.6 is 0 Å². The van der Waals surface area contributed by atoms with E-state index >= 15 is 0 Å². The SMILES string of the molecule is CC1=CC(O/C=C2/C(=O)N(CC#N)C3Cc4ccccc4C23)OC1=O. The van der Waals surface area contributed by atoms with Crippen molar-refractivity contribution in [3.8, 4) is 6.07 Å². The fraction of sp³-hybridized carbons (Fsp3) is 0.316. The van der Waals surface area contributed by atoms with Crippen molar-refractivity contribution in [3.05, 3.63) is 58.9 Å². The number of likely N-dealkylation sites (tertiary alicyclic amines) is 1. The van der Waals surface area contributed by atoms with E-state index in [2.05, 4.69) is 6.07 Å². The maximum absolute atomic E-state index is 12.8. The first-order valence-corrected chi connectivity index (χ1v) is 8.11. The average Bonchev–Trinajstić information content (AvgIpc) is 3.20. The third kappa shape index (κ3) is 2.40. The Bertz CT molecular complexity index is 864. The molecule has 1 aromatic rings. The third-order valence-corrected chi connectivity index (χ3v) is 4.95. The number of ether oxygens (including phenoxy) is 2. The average molecular weight is 336 g/mol. The minimum absolute atomic E-state index is 0.0444. The van der Waals surface area contributed by atoms with Crippen molar-refractivity contribution in [2.45, 2.75) is 31.6 Å². The first-order valence-electron chi connectivity index (χ1n) is 8.11. The fourth-order valence-corrected chi connectivity index (χ4v) is 3.79. The van der Waals surface area contributed by atoms with E-state index in [1.165, 1.54) is 11.8 Å². The second kappa shape index (κ2) is 5.78. The van der Waals surface area contributed by atoms with Gasteiger partial charge in [0.15, 0.2) is 0 Å².